The summed E-state index contributed by atoms with van der Waals surface area (Å²) in [6, 6.07) is 8.32. The van der Waals surface area contributed by atoms with Crippen LogP contribution in [0.5, 0.6) is 5.75 Å². The summed E-state index contributed by atoms with van der Waals surface area (Å²) in [5.74, 6) is 3.74. The monoisotopic (exact) mass is 282 g/mol. The van der Waals surface area contributed by atoms with Gasteiger partial charge in [0.15, 0.2) is 0 Å². The van der Waals surface area contributed by atoms with Gasteiger partial charge in [-0.3, -0.25) is 0 Å². The van der Waals surface area contributed by atoms with Crippen LogP contribution in [0, 0.1) is 17.8 Å². The van der Waals surface area contributed by atoms with E-state index in [-0.39, 0.29) is 0 Å². The molecule has 0 N–H and O–H groups in total. The number of rotatable bonds is 8. The zero-order valence-corrected chi connectivity index (χ0v) is 13.4. The summed E-state index contributed by atoms with van der Waals surface area (Å²) in [6.07, 6.45) is 3.54. The van der Waals surface area contributed by atoms with Gasteiger partial charge in [-0.1, -0.05) is 32.9 Å². The van der Waals surface area contributed by atoms with Gasteiger partial charge in [0.2, 0.25) is 0 Å². The van der Waals surface area contributed by atoms with Crippen LogP contribution in [0.1, 0.15) is 39.2 Å². The Bertz CT molecular complexity index is 362. The molecule has 0 aliphatic rings. The van der Waals surface area contributed by atoms with Crippen molar-refractivity contribution in [3.8, 4) is 5.75 Å². The van der Waals surface area contributed by atoms with E-state index < -0.39 is 0 Å². The SMILES string of the molecule is COc1cccc(CC(CCl)CC(C)CC(C)C)c1. The summed E-state index contributed by atoms with van der Waals surface area (Å²) in [4.78, 5) is 0. The van der Waals surface area contributed by atoms with Gasteiger partial charge in [-0.2, -0.15) is 0 Å². The van der Waals surface area contributed by atoms with Crippen molar-refractivity contribution in [3.63, 3.8) is 0 Å². The van der Waals surface area contributed by atoms with Gasteiger partial charge in [0, 0.05) is 5.88 Å². The summed E-state index contributed by atoms with van der Waals surface area (Å²) in [6.45, 7) is 6.91. The Morgan fingerprint density at radius 1 is 1.16 bits per heavy atom. The normalized spacial score (nSPS) is 14.4. The van der Waals surface area contributed by atoms with E-state index >= 15 is 0 Å². The van der Waals surface area contributed by atoms with Crippen LogP contribution < -0.4 is 4.74 Å². The summed E-state index contributed by atoms with van der Waals surface area (Å²) in [5, 5.41) is 0. The van der Waals surface area contributed by atoms with Gasteiger partial charge >= 0.3 is 0 Å². The molecule has 1 rings (SSSR count). The van der Waals surface area contributed by atoms with E-state index in [9.17, 15) is 0 Å². The minimum Gasteiger partial charge on any atom is -0.497 e. The Kier molecular flexibility index (Phi) is 7.30. The van der Waals surface area contributed by atoms with Gasteiger partial charge in [0.1, 0.15) is 5.75 Å². The first kappa shape index (κ1) is 16.4. The molecule has 108 valence electrons. The zero-order valence-electron chi connectivity index (χ0n) is 12.7. The maximum absolute atomic E-state index is 6.14. The molecule has 19 heavy (non-hydrogen) atoms. The molecule has 1 aromatic rings. The lowest BCUT2D eigenvalue weighted by atomic mass is 9.87. The van der Waals surface area contributed by atoms with E-state index in [1.807, 2.05) is 6.07 Å². The van der Waals surface area contributed by atoms with Crippen LogP contribution >= 0.6 is 11.6 Å². The minimum absolute atomic E-state index is 0.558. The smallest absolute Gasteiger partial charge is 0.119 e. The molecule has 0 spiro atoms. The van der Waals surface area contributed by atoms with Crippen molar-refractivity contribution in [2.75, 3.05) is 13.0 Å². The lowest BCUT2D eigenvalue weighted by Gasteiger charge is -2.20. The summed E-state index contributed by atoms with van der Waals surface area (Å²) in [5.41, 5.74) is 1.32. The first-order chi connectivity index (χ1) is 9.05. The van der Waals surface area contributed by atoms with Crippen LogP contribution in [-0.2, 0) is 6.42 Å². The second-order valence-corrected chi connectivity index (χ2v) is 6.36. The topological polar surface area (TPSA) is 9.23 Å². The third kappa shape index (κ3) is 6.33. The van der Waals surface area contributed by atoms with Crippen molar-refractivity contribution in [2.45, 2.75) is 40.0 Å². The van der Waals surface area contributed by atoms with Gasteiger partial charge in [-0.15, -0.1) is 11.6 Å². The third-order valence-electron chi connectivity index (χ3n) is 3.49. The van der Waals surface area contributed by atoms with E-state index in [1.54, 1.807) is 7.11 Å². The molecule has 0 saturated heterocycles. The molecule has 2 atom stereocenters. The number of halogens is 1. The van der Waals surface area contributed by atoms with Crippen LogP contribution in [0.4, 0.5) is 0 Å². The summed E-state index contributed by atoms with van der Waals surface area (Å²) < 4.78 is 5.27. The first-order valence-corrected chi connectivity index (χ1v) is 7.77. The van der Waals surface area contributed by atoms with E-state index in [0.29, 0.717) is 5.92 Å². The van der Waals surface area contributed by atoms with Crippen molar-refractivity contribution in [1.82, 2.24) is 0 Å². The standard InChI is InChI=1S/C17H27ClO/c1-13(2)8-14(3)9-16(12-18)10-15-6-5-7-17(11-15)19-4/h5-7,11,13-14,16H,8-10,12H2,1-4H3. The third-order valence-corrected chi connectivity index (χ3v) is 3.92. The highest BCUT2D eigenvalue weighted by atomic mass is 35.5. The van der Waals surface area contributed by atoms with Gasteiger partial charge in [-0.25, -0.2) is 0 Å². The predicted molar refractivity (Wildman–Crippen MR) is 84.1 cm³/mol. The molecule has 0 radical (unpaired) electrons. The average molecular weight is 283 g/mol. The molecule has 2 unspecified atom stereocenters. The summed E-state index contributed by atoms with van der Waals surface area (Å²) >= 11 is 6.14. The number of hydrogen-bond acceptors (Lipinski definition) is 1. The molecular formula is C17H27ClO. The van der Waals surface area contributed by atoms with Crippen molar-refractivity contribution in [3.05, 3.63) is 29.8 Å². The average Bonchev–Trinajstić information content (AvgIpc) is 2.37. The maximum atomic E-state index is 6.14. The van der Waals surface area contributed by atoms with Gasteiger partial charge < -0.3 is 4.74 Å². The maximum Gasteiger partial charge on any atom is 0.119 e. The van der Waals surface area contributed by atoms with Crippen LogP contribution in [0.2, 0.25) is 0 Å². The molecule has 0 aromatic heterocycles. The Morgan fingerprint density at radius 2 is 1.89 bits per heavy atom. The molecular weight excluding hydrogens is 256 g/mol. The van der Waals surface area contributed by atoms with Crippen molar-refractivity contribution < 1.29 is 4.74 Å². The van der Waals surface area contributed by atoms with E-state index in [0.717, 1.165) is 29.9 Å². The Balaban J connectivity index is 2.55. The van der Waals surface area contributed by atoms with Gasteiger partial charge in [-0.05, 0) is 54.7 Å². The molecule has 0 amide bonds. The lowest BCUT2D eigenvalue weighted by molar-refractivity contribution is 0.355. The molecule has 1 nitrogen and oxygen atoms in total. The number of ether oxygens (including phenoxy) is 1. The van der Waals surface area contributed by atoms with Crippen LogP contribution in [0.25, 0.3) is 0 Å². The van der Waals surface area contributed by atoms with Gasteiger partial charge in [0.05, 0.1) is 7.11 Å². The number of hydrogen-bond donors (Lipinski definition) is 0. The van der Waals surface area contributed by atoms with Crippen molar-refractivity contribution in [2.24, 2.45) is 17.8 Å². The summed E-state index contributed by atoms with van der Waals surface area (Å²) in [7, 11) is 1.71. The fourth-order valence-corrected chi connectivity index (χ4v) is 3.04. The Morgan fingerprint density at radius 3 is 2.47 bits per heavy atom. The van der Waals surface area contributed by atoms with Crippen LogP contribution in [-0.4, -0.2) is 13.0 Å². The quantitative estimate of drug-likeness (QED) is 0.598. The predicted octanol–water partition coefficient (Wildman–Crippen LogP) is 5.17. The molecule has 0 saturated carbocycles. The molecule has 0 aliphatic heterocycles. The molecule has 0 heterocycles. The van der Waals surface area contributed by atoms with E-state index in [1.165, 1.54) is 18.4 Å². The number of benzene rings is 1. The van der Waals surface area contributed by atoms with Crippen LogP contribution in [0.3, 0.4) is 0 Å². The van der Waals surface area contributed by atoms with Crippen molar-refractivity contribution >= 4 is 11.6 Å². The Hall–Kier alpha value is -0.690. The second kappa shape index (κ2) is 8.47. The fraction of sp³-hybridized carbons (Fsp3) is 0.647. The first-order valence-electron chi connectivity index (χ1n) is 7.24. The molecule has 0 bridgehead atoms. The van der Waals surface area contributed by atoms with Crippen molar-refractivity contribution in [1.29, 1.82) is 0 Å². The highest BCUT2D eigenvalue weighted by Gasteiger charge is 2.14. The highest BCUT2D eigenvalue weighted by Crippen LogP contribution is 2.24. The second-order valence-electron chi connectivity index (χ2n) is 6.05. The van der Waals surface area contributed by atoms with Gasteiger partial charge in [0.25, 0.3) is 0 Å². The van der Waals surface area contributed by atoms with E-state index in [4.69, 9.17) is 16.3 Å². The molecule has 0 aliphatic carbocycles. The minimum atomic E-state index is 0.558. The fourth-order valence-electron chi connectivity index (χ4n) is 2.80. The number of alkyl halides is 1. The molecule has 2 heteroatoms. The van der Waals surface area contributed by atoms with Crippen LogP contribution in [0.15, 0.2) is 24.3 Å². The molecule has 1 aromatic carbocycles. The largest absolute Gasteiger partial charge is 0.497 e. The van der Waals surface area contributed by atoms with E-state index in [2.05, 4.69) is 39.0 Å². The number of methoxy groups -OCH3 is 1. The highest BCUT2D eigenvalue weighted by molar-refractivity contribution is 6.18. The lowest BCUT2D eigenvalue weighted by Crippen LogP contribution is -2.12. The Labute approximate surface area is 123 Å². The zero-order chi connectivity index (χ0) is 14.3. The molecule has 0 fully saturated rings.